The van der Waals surface area contributed by atoms with Crippen LogP contribution in [0.2, 0.25) is 0 Å². The fourth-order valence-corrected chi connectivity index (χ4v) is 4.24. The molecule has 0 radical (unpaired) electrons. The van der Waals surface area contributed by atoms with Crippen LogP contribution in [0.15, 0.2) is 53.1 Å². The molecule has 0 unspecified atom stereocenters. The number of fused-ring (bicyclic) bond motifs is 3. The third kappa shape index (κ3) is 3.59. The largest absolute Gasteiger partial charge is 0.487 e. The van der Waals surface area contributed by atoms with Gasteiger partial charge in [0.25, 0.3) is 5.91 Å². The molecule has 0 N–H and O–H groups in total. The normalized spacial score (nSPS) is 17.9. The van der Waals surface area contributed by atoms with Gasteiger partial charge in [0.1, 0.15) is 12.4 Å². The Labute approximate surface area is 175 Å². The molecule has 0 fully saturated rings. The van der Waals surface area contributed by atoms with Gasteiger partial charge in [-0.25, -0.2) is 0 Å². The van der Waals surface area contributed by atoms with Gasteiger partial charge in [0.15, 0.2) is 5.76 Å². The van der Waals surface area contributed by atoms with Gasteiger partial charge >= 0.3 is 0 Å². The summed E-state index contributed by atoms with van der Waals surface area (Å²) in [4.78, 5) is 19.6. The average Bonchev–Trinajstić information content (AvgIpc) is 3.32. The van der Waals surface area contributed by atoms with E-state index in [0.29, 0.717) is 38.5 Å². The summed E-state index contributed by atoms with van der Waals surface area (Å²) >= 11 is 0. The van der Waals surface area contributed by atoms with Crippen LogP contribution >= 0.6 is 0 Å². The summed E-state index contributed by atoms with van der Waals surface area (Å²) in [7, 11) is 0. The van der Waals surface area contributed by atoms with Gasteiger partial charge in [-0.2, -0.15) is 0 Å². The highest BCUT2D eigenvalue weighted by atomic mass is 16.5. The number of amides is 1. The van der Waals surface area contributed by atoms with Gasteiger partial charge < -0.3 is 18.8 Å². The van der Waals surface area contributed by atoms with Crippen LogP contribution in [0.5, 0.6) is 5.75 Å². The average molecular weight is 404 g/mol. The molecule has 2 aliphatic heterocycles. The Morgan fingerprint density at radius 3 is 2.83 bits per heavy atom. The van der Waals surface area contributed by atoms with Gasteiger partial charge in [-0.05, 0) is 47.9 Å². The summed E-state index contributed by atoms with van der Waals surface area (Å²) < 4.78 is 17.3. The number of carbonyl (C=O) groups excluding carboxylic acids is 1. The molecule has 4 heterocycles. The predicted octanol–water partition coefficient (Wildman–Crippen LogP) is 3.91. The molecule has 0 spiro atoms. The molecular formula is C24H24N2O4. The van der Waals surface area contributed by atoms with E-state index in [4.69, 9.17) is 18.9 Å². The van der Waals surface area contributed by atoms with Gasteiger partial charge in [-0.1, -0.05) is 18.2 Å². The zero-order valence-electron chi connectivity index (χ0n) is 17.0. The van der Waals surface area contributed by atoms with Crippen LogP contribution in [0.25, 0.3) is 0 Å². The molecule has 1 atom stereocenters. The van der Waals surface area contributed by atoms with Crippen molar-refractivity contribution in [1.29, 1.82) is 0 Å². The van der Waals surface area contributed by atoms with Crippen molar-refractivity contribution in [1.82, 2.24) is 9.88 Å². The number of pyridine rings is 1. The lowest BCUT2D eigenvalue weighted by Gasteiger charge is -2.33. The summed E-state index contributed by atoms with van der Waals surface area (Å²) in [5, 5.41) is 0. The number of hydrogen-bond acceptors (Lipinski definition) is 5. The number of ether oxygens (including phenoxy) is 2. The first kappa shape index (κ1) is 18.9. The fourth-order valence-electron chi connectivity index (χ4n) is 4.24. The number of para-hydroxylation sites is 1. The Hall–Kier alpha value is -3.12. The third-order valence-corrected chi connectivity index (χ3v) is 5.80. The van der Waals surface area contributed by atoms with E-state index in [1.54, 1.807) is 12.1 Å². The third-order valence-electron chi connectivity index (χ3n) is 5.80. The SMILES string of the molecule is C[C@H]1Cc2c(COc3ccccc3)nc3c(c2CO1)CN(C(=O)c1ccco1)CC3. The Morgan fingerprint density at radius 2 is 2.03 bits per heavy atom. The molecule has 30 heavy (non-hydrogen) atoms. The smallest absolute Gasteiger partial charge is 0.289 e. The monoisotopic (exact) mass is 404 g/mol. The summed E-state index contributed by atoms with van der Waals surface area (Å²) in [6.45, 7) is 4.21. The maximum atomic E-state index is 12.8. The van der Waals surface area contributed by atoms with Crippen molar-refractivity contribution in [2.24, 2.45) is 0 Å². The molecule has 1 aromatic carbocycles. The minimum atomic E-state index is -0.0824. The van der Waals surface area contributed by atoms with Crippen LogP contribution in [0.3, 0.4) is 0 Å². The first-order valence-corrected chi connectivity index (χ1v) is 10.3. The van der Waals surface area contributed by atoms with E-state index in [2.05, 4.69) is 6.92 Å². The van der Waals surface area contributed by atoms with E-state index in [1.165, 1.54) is 17.4 Å². The minimum absolute atomic E-state index is 0.0824. The van der Waals surface area contributed by atoms with Gasteiger partial charge in [0.2, 0.25) is 0 Å². The van der Waals surface area contributed by atoms with Crippen molar-refractivity contribution in [2.75, 3.05) is 6.54 Å². The molecule has 2 aliphatic rings. The molecule has 154 valence electrons. The van der Waals surface area contributed by atoms with E-state index >= 15 is 0 Å². The van der Waals surface area contributed by atoms with Crippen molar-refractivity contribution in [2.45, 2.75) is 45.6 Å². The van der Waals surface area contributed by atoms with Crippen molar-refractivity contribution >= 4 is 5.91 Å². The lowest BCUT2D eigenvalue weighted by atomic mass is 9.90. The predicted molar refractivity (Wildman–Crippen MR) is 110 cm³/mol. The minimum Gasteiger partial charge on any atom is -0.487 e. The van der Waals surface area contributed by atoms with Crippen LogP contribution in [0, 0.1) is 0 Å². The summed E-state index contributed by atoms with van der Waals surface area (Å²) in [5.74, 6) is 1.13. The standard InChI is InChI=1S/C24H24N2O4/c1-16-12-18-20(14-29-16)19-13-26(24(27)23-8-5-11-28-23)10-9-21(19)25-22(18)15-30-17-6-3-2-4-7-17/h2-8,11,16H,9-10,12-15H2,1H3/t16-/m0/s1. The van der Waals surface area contributed by atoms with Crippen LogP contribution in [-0.2, 0) is 37.3 Å². The number of hydrogen-bond donors (Lipinski definition) is 0. The molecule has 0 saturated carbocycles. The Kier molecular flexibility index (Phi) is 5.01. The zero-order chi connectivity index (χ0) is 20.5. The highest BCUT2D eigenvalue weighted by molar-refractivity contribution is 5.91. The summed E-state index contributed by atoms with van der Waals surface area (Å²) in [5.41, 5.74) is 5.51. The van der Waals surface area contributed by atoms with Crippen LogP contribution in [0.4, 0.5) is 0 Å². The number of carbonyl (C=O) groups is 1. The van der Waals surface area contributed by atoms with Crippen molar-refractivity contribution in [3.05, 3.63) is 82.6 Å². The van der Waals surface area contributed by atoms with Crippen molar-refractivity contribution < 1.29 is 18.7 Å². The second-order valence-electron chi connectivity index (χ2n) is 7.82. The highest BCUT2D eigenvalue weighted by Gasteiger charge is 2.31. The first-order valence-electron chi connectivity index (χ1n) is 10.3. The van der Waals surface area contributed by atoms with E-state index < -0.39 is 0 Å². The number of rotatable bonds is 4. The lowest BCUT2D eigenvalue weighted by molar-refractivity contribution is 0.0384. The number of benzene rings is 1. The molecular weight excluding hydrogens is 380 g/mol. The maximum Gasteiger partial charge on any atom is 0.289 e. The van der Waals surface area contributed by atoms with E-state index in [-0.39, 0.29) is 12.0 Å². The molecule has 6 heteroatoms. The maximum absolute atomic E-state index is 12.8. The van der Waals surface area contributed by atoms with E-state index in [1.807, 2.05) is 35.2 Å². The van der Waals surface area contributed by atoms with Crippen molar-refractivity contribution in [3.8, 4) is 5.75 Å². The lowest BCUT2D eigenvalue weighted by Crippen LogP contribution is -2.38. The molecule has 1 amide bonds. The van der Waals surface area contributed by atoms with E-state index in [9.17, 15) is 4.79 Å². The van der Waals surface area contributed by atoms with Gasteiger partial charge in [-0.3, -0.25) is 9.78 Å². The molecule has 6 nitrogen and oxygen atoms in total. The Morgan fingerprint density at radius 1 is 1.17 bits per heavy atom. The van der Waals surface area contributed by atoms with Crippen molar-refractivity contribution in [3.63, 3.8) is 0 Å². The number of aromatic nitrogens is 1. The van der Waals surface area contributed by atoms with Crippen LogP contribution < -0.4 is 4.74 Å². The second kappa shape index (κ2) is 7.95. The highest BCUT2D eigenvalue weighted by Crippen LogP contribution is 2.32. The number of nitrogens with zero attached hydrogens (tertiary/aromatic N) is 2. The number of furan rings is 1. The Balaban J connectivity index is 1.45. The quantitative estimate of drug-likeness (QED) is 0.660. The summed E-state index contributed by atoms with van der Waals surface area (Å²) in [6, 6.07) is 13.3. The molecule has 0 bridgehead atoms. The van der Waals surface area contributed by atoms with Gasteiger partial charge in [-0.15, -0.1) is 0 Å². The zero-order valence-corrected chi connectivity index (χ0v) is 17.0. The van der Waals surface area contributed by atoms with Gasteiger partial charge in [0.05, 0.1) is 24.7 Å². The fraction of sp³-hybridized carbons (Fsp3) is 0.333. The Bertz CT molecular complexity index is 1050. The van der Waals surface area contributed by atoms with Crippen LogP contribution in [0.1, 0.15) is 45.6 Å². The molecule has 3 aromatic rings. The molecule has 5 rings (SSSR count). The first-order chi connectivity index (χ1) is 14.7. The van der Waals surface area contributed by atoms with E-state index in [0.717, 1.165) is 29.1 Å². The second-order valence-corrected chi connectivity index (χ2v) is 7.82. The topological polar surface area (TPSA) is 64.8 Å². The molecule has 0 aliphatic carbocycles. The molecule has 2 aromatic heterocycles. The van der Waals surface area contributed by atoms with Crippen LogP contribution in [-0.4, -0.2) is 28.4 Å². The molecule has 0 saturated heterocycles. The van der Waals surface area contributed by atoms with Gasteiger partial charge in [0, 0.05) is 31.6 Å². The summed E-state index contributed by atoms with van der Waals surface area (Å²) in [6.07, 6.45) is 3.18.